The summed E-state index contributed by atoms with van der Waals surface area (Å²) < 4.78 is 16.4. The van der Waals surface area contributed by atoms with E-state index in [0.717, 1.165) is 43.1 Å². The van der Waals surface area contributed by atoms with Crippen LogP contribution < -0.4 is 4.74 Å². The molecule has 0 N–H and O–H groups in total. The van der Waals surface area contributed by atoms with E-state index in [1.807, 2.05) is 41.3 Å². The molecule has 0 radical (unpaired) electrons. The Kier molecular flexibility index (Phi) is 9.96. The maximum Gasteiger partial charge on any atom is 0.298 e. The molecular weight excluding hydrogens is 607 g/mol. The van der Waals surface area contributed by atoms with Crippen LogP contribution in [0, 0.1) is 0 Å². The fourth-order valence-electron chi connectivity index (χ4n) is 6.41. The molecule has 0 unspecified atom stereocenters. The highest BCUT2D eigenvalue weighted by molar-refractivity contribution is 7.07. The van der Waals surface area contributed by atoms with Gasteiger partial charge in [-0.25, -0.2) is 0 Å². The third-order valence-electron chi connectivity index (χ3n) is 8.85. The third kappa shape index (κ3) is 7.77. The summed E-state index contributed by atoms with van der Waals surface area (Å²) in [6.45, 7) is 6.67. The van der Waals surface area contributed by atoms with Gasteiger partial charge in [-0.05, 0) is 34.9 Å². The van der Waals surface area contributed by atoms with Crippen LogP contribution in [0.25, 0.3) is 0 Å². The smallest absolute Gasteiger partial charge is 0.298 e. The standard InChI is InChI=1S/C38H39N5O3S/c44-37(43-20-18-42(19-21-43)36(30-12-6-2-7-13-30)31-14-8-3-9-15-31)32-16-17-34(33(27-32)28-41-22-24-45-25-23-41)46-38-39-35(40-47-38)26-29-10-4-1-5-11-29/h1-17,27,36H,18-26,28H2. The van der Waals surface area contributed by atoms with E-state index in [0.29, 0.717) is 55.8 Å². The molecule has 8 nitrogen and oxygen atoms in total. The summed E-state index contributed by atoms with van der Waals surface area (Å²) in [5, 5.41) is 0.501. The number of benzene rings is 4. The van der Waals surface area contributed by atoms with Crippen LogP contribution >= 0.6 is 11.5 Å². The van der Waals surface area contributed by atoms with Crippen molar-refractivity contribution in [2.24, 2.45) is 0 Å². The summed E-state index contributed by atoms with van der Waals surface area (Å²) in [4.78, 5) is 25.4. The van der Waals surface area contributed by atoms with E-state index in [-0.39, 0.29) is 11.9 Å². The molecule has 3 heterocycles. The Morgan fingerprint density at radius 3 is 2.09 bits per heavy atom. The molecule has 2 fully saturated rings. The first-order valence-corrected chi connectivity index (χ1v) is 17.1. The minimum atomic E-state index is 0.0523. The van der Waals surface area contributed by atoms with Gasteiger partial charge in [0.25, 0.3) is 11.1 Å². The molecule has 0 spiro atoms. The predicted octanol–water partition coefficient (Wildman–Crippen LogP) is 6.30. The topological polar surface area (TPSA) is 71.0 Å². The lowest BCUT2D eigenvalue weighted by Gasteiger charge is -2.40. The Bertz CT molecular complexity index is 1700. The molecule has 4 aromatic carbocycles. The number of piperazine rings is 1. The van der Waals surface area contributed by atoms with Gasteiger partial charge in [-0.3, -0.25) is 14.6 Å². The van der Waals surface area contributed by atoms with Gasteiger partial charge in [0, 0.05) is 74.9 Å². The molecule has 1 aromatic heterocycles. The van der Waals surface area contributed by atoms with Gasteiger partial charge in [0.15, 0.2) is 5.82 Å². The lowest BCUT2D eigenvalue weighted by atomic mass is 9.96. The van der Waals surface area contributed by atoms with Crippen molar-refractivity contribution >= 4 is 17.4 Å². The van der Waals surface area contributed by atoms with Gasteiger partial charge in [0.2, 0.25) is 0 Å². The SMILES string of the molecule is O=C(c1ccc(Oc2nc(Cc3ccccc3)ns2)c(CN2CCOCC2)c1)N1CCN(C(c2ccccc2)c2ccccc2)CC1. The molecule has 1 amide bonds. The number of nitrogens with zero attached hydrogens (tertiary/aromatic N) is 5. The van der Waals surface area contributed by atoms with E-state index < -0.39 is 0 Å². The minimum absolute atomic E-state index is 0.0523. The van der Waals surface area contributed by atoms with Crippen molar-refractivity contribution < 1.29 is 14.3 Å². The van der Waals surface area contributed by atoms with Crippen LogP contribution in [0.2, 0.25) is 0 Å². The van der Waals surface area contributed by atoms with Crippen LogP contribution in [-0.2, 0) is 17.7 Å². The van der Waals surface area contributed by atoms with E-state index >= 15 is 0 Å². The van der Waals surface area contributed by atoms with Crippen molar-refractivity contribution in [1.29, 1.82) is 0 Å². The van der Waals surface area contributed by atoms with E-state index in [2.05, 4.69) is 92.0 Å². The summed E-state index contributed by atoms with van der Waals surface area (Å²) >= 11 is 1.25. The summed E-state index contributed by atoms with van der Waals surface area (Å²) in [7, 11) is 0. The van der Waals surface area contributed by atoms with Crippen LogP contribution in [-0.4, -0.2) is 82.4 Å². The van der Waals surface area contributed by atoms with Gasteiger partial charge in [0.05, 0.1) is 19.3 Å². The van der Waals surface area contributed by atoms with Crippen LogP contribution in [0.5, 0.6) is 10.9 Å². The number of morpholine rings is 1. The van der Waals surface area contributed by atoms with Gasteiger partial charge >= 0.3 is 0 Å². The summed E-state index contributed by atoms with van der Waals surface area (Å²) in [6.07, 6.45) is 0.652. The van der Waals surface area contributed by atoms with Crippen molar-refractivity contribution in [3.63, 3.8) is 0 Å². The van der Waals surface area contributed by atoms with Gasteiger partial charge in [-0.15, -0.1) is 0 Å². The van der Waals surface area contributed by atoms with E-state index in [4.69, 9.17) is 9.47 Å². The fourth-order valence-corrected chi connectivity index (χ4v) is 6.97. The molecule has 2 saturated heterocycles. The number of carbonyl (C=O) groups is 1. The Morgan fingerprint density at radius 2 is 1.43 bits per heavy atom. The van der Waals surface area contributed by atoms with Crippen molar-refractivity contribution in [2.45, 2.75) is 19.0 Å². The summed E-state index contributed by atoms with van der Waals surface area (Å²) in [6, 6.07) is 37.4. The molecule has 9 heteroatoms. The summed E-state index contributed by atoms with van der Waals surface area (Å²) in [5.74, 6) is 1.49. The molecule has 7 rings (SSSR count). The van der Waals surface area contributed by atoms with Crippen LogP contribution in [0.3, 0.4) is 0 Å². The molecule has 0 aliphatic carbocycles. The average Bonchev–Trinajstić information content (AvgIpc) is 3.57. The monoisotopic (exact) mass is 645 g/mol. The molecule has 0 saturated carbocycles. The lowest BCUT2D eigenvalue weighted by Crippen LogP contribution is -2.49. The Morgan fingerprint density at radius 1 is 0.787 bits per heavy atom. The van der Waals surface area contributed by atoms with E-state index in [9.17, 15) is 4.79 Å². The molecule has 0 atom stereocenters. The molecule has 5 aromatic rings. The Balaban J connectivity index is 1.06. The number of amides is 1. The predicted molar refractivity (Wildman–Crippen MR) is 184 cm³/mol. The molecule has 2 aliphatic heterocycles. The fraction of sp³-hybridized carbons (Fsp3) is 0.289. The number of carbonyl (C=O) groups excluding carboxylic acids is 1. The maximum absolute atomic E-state index is 13.9. The molecule has 47 heavy (non-hydrogen) atoms. The number of hydrogen-bond acceptors (Lipinski definition) is 8. The Labute approximate surface area is 280 Å². The molecule has 0 bridgehead atoms. The Hall–Kier alpha value is -4.41. The van der Waals surface area contributed by atoms with E-state index in [1.165, 1.54) is 22.7 Å². The largest absolute Gasteiger partial charge is 0.430 e. The molecule has 240 valence electrons. The number of aromatic nitrogens is 2. The second-order valence-corrected chi connectivity index (χ2v) is 12.7. The highest BCUT2D eigenvalue weighted by Gasteiger charge is 2.29. The zero-order valence-corrected chi connectivity index (χ0v) is 27.2. The summed E-state index contributed by atoms with van der Waals surface area (Å²) in [5.41, 5.74) is 5.33. The first-order chi connectivity index (χ1) is 23.2. The van der Waals surface area contributed by atoms with E-state index in [1.54, 1.807) is 0 Å². The van der Waals surface area contributed by atoms with Crippen molar-refractivity contribution in [1.82, 2.24) is 24.1 Å². The van der Waals surface area contributed by atoms with Crippen LogP contribution in [0.1, 0.15) is 44.5 Å². The molecular formula is C38H39N5O3S. The van der Waals surface area contributed by atoms with Crippen LogP contribution in [0.4, 0.5) is 0 Å². The average molecular weight is 646 g/mol. The quantitative estimate of drug-likeness (QED) is 0.177. The van der Waals surface area contributed by atoms with Gasteiger partial charge < -0.3 is 14.4 Å². The normalized spacial score (nSPS) is 16.0. The first-order valence-electron chi connectivity index (χ1n) is 16.3. The second-order valence-electron chi connectivity index (χ2n) is 12.0. The number of rotatable bonds is 10. The highest BCUT2D eigenvalue weighted by Crippen LogP contribution is 2.32. The molecule has 2 aliphatic rings. The second kappa shape index (κ2) is 15.0. The van der Waals surface area contributed by atoms with Gasteiger partial charge in [-0.1, -0.05) is 91.0 Å². The maximum atomic E-state index is 13.9. The number of hydrogen-bond donors (Lipinski definition) is 0. The van der Waals surface area contributed by atoms with Crippen molar-refractivity contribution in [3.8, 4) is 10.9 Å². The number of ether oxygens (including phenoxy) is 2. The van der Waals surface area contributed by atoms with Crippen molar-refractivity contribution in [3.05, 3.63) is 143 Å². The van der Waals surface area contributed by atoms with Gasteiger partial charge in [-0.2, -0.15) is 9.36 Å². The van der Waals surface area contributed by atoms with Crippen molar-refractivity contribution in [2.75, 3.05) is 52.5 Å². The zero-order valence-electron chi connectivity index (χ0n) is 26.4. The lowest BCUT2D eigenvalue weighted by molar-refractivity contribution is 0.0339. The first kappa shape index (κ1) is 31.2. The third-order valence-corrected chi connectivity index (χ3v) is 9.49. The van der Waals surface area contributed by atoms with Crippen LogP contribution in [0.15, 0.2) is 109 Å². The highest BCUT2D eigenvalue weighted by atomic mass is 32.1. The van der Waals surface area contributed by atoms with Gasteiger partial charge in [0.1, 0.15) is 5.75 Å². The zero-order chi connectivity index (χ0) is 31.8. The minimum Gasteiger partial charge on any atom is -0.430 e.